The SMILES string of the molecule is CC(C)c1noc(CNc2nccc(N3C(=O)OC[C@@H]3C(C)C)n2)n1. The molecular formula is C16H22N6O3. The summed E-state index contributed by atoms with van der Waals surface area (Å²) in [5.41, 5.74) is 0. The van der Waals surface area contributed by atoms with Gasteiger partial charge in [0.25, 0.3) is 0 Å². The fraction of sp³-hybridized carbons (Fsp3) is 0.562. The minimum absolute atomic E-state index is 0.0419. The highest BCUT2D eigenvalue weighted by molar-refractivity contribution is 5.89. The van der Waals surface area contributed by atoms with Crippen molar-refractivity contribution < 1.29 is 14.1 Å². The van der Waals surface area contributed by atoms with Crippen molar-refractivity contribution in [3.05, 3.63) is 24.0 Å². The number of aromatic nitrogens is 4. The Labute approximate surface area is 145 Å². The second kappa shape index (κ2) is 7.04. The Morgan fingerprint density at radius 2 is 2.12 bits per heavy atom. The quantitative estimate of drug-likeness (QED) is 0.850. The molecule has 3 rings (SSSR count). The van der Waals surface area contributed by atoms with E-state index in [1.807, 2.05) is 27.7 Å². The Morgan fingerprint density at radius 3 is 2.80 bits per heavy atom. The molecule has 1 aliphatic heterocycles. The van der Waals surface area contributed by atoms with E-state index in [1.165, 1.54) is 0 Å². The minimum atomic E-state index is -0.387. The molecule has 0 aliphatic carbocycles. The molecule has 9 heteroatoms. The van der Waals surface area contributed by atoms with E-state index in [4.69, 9.17) is 9.26 Å². The van der Waals surface area contributed by atoms with Gasteiger partial charge in [0.05, 0.1) is 12.6 Å². The van der Waals surface area contributed by atoms with E-state index < -0.39 is 0 Å². The van der Waals surface area contributed by atoms with Gasteiger partial charge in [0.1, 0.15) is 12.4 Å². The molecule has 0 aromatic carbocycles. The monoisotopic (exact) mass is 346 g/mol. The molecular weight excluding hydrogens is 324 g/mol. The number of hydrogen-bond acceptors (Lipinski definition) is 8. The second-order valence-electron chi connectivity index (χ2n) is 6.55. The zero-order chi connectivity index (χ0) is 18.0. The molecule has 134 valence electrons. The molecule has 9 nitrogen and oxygen atoms in total. The van der Waals surface area contributed by atoms with Crippen LogP contribution in [0, 0.1) is 5.92 Å². The van der Waals surface area contributed by atoms with Gasteiger partial charge >= 0.3 is 6.09 Å². The lowest BCUT2D eigenvalue weighted by molar-refractivity contribution is 0.177. The molecule has 0 saturated carbocycles. The molecule has 1 saturated heterocycles. The zero-order valence-corrected chi connectivity index (χ0v) is 14.8. The van der Waals surface area contributed by atoms with Crippen LogP contribution in [0.5, 0.6) is 0 Å². The van der Waals surface area contributed by atoms with Crippen molar-refractivity contribution >= 4 is 17.9 Å². The summed E-state index contributed by atoms with van der Waals surface area (Å²) in [7, 11) is 0. The van der Waals surface area contributed by atoms with Gasteiger partial charge in [0.2, 0.25) is 11.8 Å². The first-order valence-electron chi connectivity index (χ1n) is 8.31. The van der Waals surface area contributed by atoms with E-state index in [0.29, 0.717) is 36.6 Å². The summed E-state index contributed by atoms with van der Waals surface area (Å²) >= 11 is 0. The molecule has 0 spiro atoms. The molecule has 1 amide bonds. The van der Waals surface area contributed by atoms with Gasteiger partial charge in [-0.2, -0.15) is 9.97 Å². The van der Waals surface area contributed by atoms with Crippen LogP contribution in [0.1, 0.15) is 45.3 Å². The van der Waals surface area contributed by atoms with Crippen molar-refractivity contribution in [3.8, 4) is 0 Å². The Kier molecular flexibility index (Phi) is 4.82. The molecule has 25 heavy (non-hydrogen) atoms. The maximum Gasteiger partial charge on any atom is 0.415 e. The molecule has 3 heterocycles. The molecule has 1 atom stereocenters. The first kappa shape index (κ1) is 17.1. The van der Waals surface area contributed by atoms with Crippen LogP contribution >= 0.6 is 0 Å². The third-order valence-corrected chi connectivity index (χ3v) is 3.96. The zero-order valence-electron chi connectivity index (χ0n) is 14.8. The molecule has 2 aromatic heterocycles. The summed E-state index contributed by atoms with van der Waals surface area (Å²) in [5.74, 6) is 2.46. The number of carbonyl (C=O) groups is 1. The van der Waals surface area contributed by atoms with E-state index in [-0.39, 0.29) is 24.0 Å². The van der Waals surface area contributed by atoms with Crippen LogP contribution in [0.3, 0.4) is 0 Å². The van der Waals surface area contributed by atoms with Gasteiger partial charge in [-0.05, 0) is 12.0 Å². The van der Waals surface area contributed by atoms with Crippen molar-refractivity contribution in [2.45, 2.75) is 46.2 Å². The fourth-order valence-electron chi connectivity index (χ4n) is 2.49. The van der Waals surface area contributed by atoms with E-state index in [1.54, 1.807) is 17.2 Å². The average molecular weight is 346 g/mol. The molecule has 0 unspecified atom stereocenters. The lowest BCUT2D eigenvalue weighted by Gasteiger charge is -2.23. The highest BCUT2D eigenvalue weighted by Crippen LogP contribution is 2.25. The molecule has 1 aliphatic rings. The Bertz CT molecular complexity index is 745. The first-order valence-corrected chi connectivity index (χ1v) is 8.31. The van der Waals surface area contributed by atoms with Gasteiger partial charge in [-0.1, -0.05) is 32.9 Å². The fourth-order valence-corrected chi connectivity index (χ4v) is 2.49. The van der Waals surface area contributed by atoms with E-state index >= 15 is 0 Å². The number of carbonyl (C=O) groups excluding carboxylic acids is 1. The summed E-state index contributed by atoms with van der Waals surface area (Å²) in [5, 5.41) is 6.95. The van der Waals surface area contributed by atoms with E-state index in [0.717, 1.165) is 0 Å². The van der Waals surface area contributed by atoms with Crippen molar-refractivity contribution in [1.29, 1.82) is 0 Å². The molecule has 0 radical (unpaired) electrons. The lowest BCUT2D eigenvalue weighted by Crippen LogP contribution is -2.37. The van der Waals surface area contributed by atoms with E-state index in [9.17, 15) is 4.79 Å². The molecule has 0 bridgehead atoms. The van der Waals surface area contributed by atoms with Crippen LogP contribution in [0.4, 0.5) is 16.6 Å². The van der Waals surface area contributed by atoms with Gasteiger partial charge in [0.15, 0.2) is 5.82 Å². The number of cyclic esters (lactones) is 1. The number of rotatable bonds is 6. The minimum Gasteiger partial charge on any atom is -0.447 e. The third kappa shape index (κ3) is 3.70. The van der Waals surface area contributed by atoms with Crippen molar-refractivity contribution in [1.82, 2.24) is 20.1 Å². The van der Waals surface area contributed by atoms with Crippen molar-refractivity contribution in [2.24, 2.45) is 5.92 Å². The predicted molar refractivity (Wildman–Crippen MR) is 90.2 cm³/mol. The summed E-state index contributed by atoms with van der Waals surface area (Å²) in [6, 6.07) is 1.65. The normalized spacial score (nSPS) is 17.4. The average Bonchev–Trinajstić information content (AvgIpc) is 3.20. The van der Waals surface area contributed by atoms with Gasteiger partial charge in [0, 0.05) is 12.1 Å². The highest BCUT2D eigenvalue weighted by atomic mass is 16.6. The molecule has 2 aromatic rings. The van der Waals surface area contributed by atoms with Gasteiger partial charge in [-0.3, -0.25) is 4.90 Å². The standard InChI is InChI=1S/C16H22N6O3/c1-9(2)11-8-24-16(23)22(11)12-5-6-17-15(19-12)18-7-13-20-14(10(3)4)21-25-13/h5-6,9-11H,7-8H2,1-4H3,(H,17,18,19)/t11-/m1/s1. The lowest BCUT2D eigenvalue weighted by atomic mass is 10.0. The van der Waals surface area contributed by atoms with Crippen LogP contribution in [0.2, 0.25) is 0 Å². The number of nitrogens with zero attached hydrogens (tertiary/aromatic N) is 5. The first-order chi connectivity index (χ1) is 12.0. The summed E-state index contributed by atoms with van der Waals surface area (Å²) in [4.78, 5) is 26.5. The van der Waals surface area contributed by atoms with Crippen LogP contribution in [-0.2, 0) is 11.3 Å². The third-order valence-electron chi connectivity index (χ3n) is 3.96. The Balaban J connectivity index is 1.71. The highest BCUT2D eigenvalue weighted by Gasteiger charge is 2.37. The van der Waals surface area contributed by atoms with Crippen LogP contribution in [-0.4, -0.2) is 38.9 Å². The Morgan fingerprint density at radius 1 is 1.32 bits per heavy atom. The largest absolute Gasteiger partial charge is 0.447 e. The van der Waals surface area contributed by atoms with Gasteiger partial charge < -0.3 is 14.6 Å². The van der Waals surface area contributed by atoms with E-state index in [2.05, 4.69) is 25.4 Å². The summed E-state index contributed by atoms with van der Waals surface area (Å²) in [6.45, 7) is 8.75. The predicted octanol–water partition coefficient (Wildman–Crippen LogP) is 2.58. The van der Waals surface area contributed by atoms with Crippen molar-refractivity contribution in [2.75, 3.05) is 16.8 Å². The topological polar surface area (TPSA) is 106 Å². The second-order valence-corrected chi connectivity index (χ2v) is 6.55. The van der Waals surface area contributed by atoms with Crippen LogP contribution in [0.15, 0.2) is 16.8 Å². The van der Waals surface area contributed by atoms with Gasteiger partial charge in [-0.15, -0.1) is 0 Å². The van der Waals surface area contributed by atoms with Crippen LogP contribution in [0.25, 0.3) is 0 Å². The van der Waals surface area contributed by atoms with Crippen LogP contribution < -0.4 is 10.2 Å². The Hall–Kier alpha value is -2.71. The summed E-state index contributed by atoms with van der Waals surface area (Å²) in [6.07, 6.45) is 1.21. The number of ether oxygens (including phenoxy) is 1. The number of hydrogen-bond donors (Lipinski definition) is 1. The number of nitrogens with one attached hydrogen (secondary N) is 1. The smallest absolute Gasteiger partial charge is 0.415 e. The molecule has 1 fully saturated rings. The number of amides is 1. The van der Waals surface area contributed by atoms with Crippen molar-refractivity contribution in [3.63, 3.8) is 0 Å². The maximum absolute atomic E-state index is 12.0. The molecule has 1 N–H and O–H groups in total. The van der Waals surface area contributed by atoms with Gasteiger partial charge in [-0.25, -0.2) is 9.78 Å². The number of anilines is 2. The summed E-state index contributed by atoms with van der Waals surface area (Å²) < 4.78 is 10.3. The maximum atomic E-state index is 12.0.